The number of rotatable bonds is 8. The van der Waals surface area contributed by atoms with E-state index in [1.807, 2.05) is 6.07 Å². The molecule has 1 saturated heterocycles. The zero-order valence-electron chi connectivity index (χ0n) is 23.7. The first-order chi connectivity index (χ1) is 20.9. The van der Waals surface area contributed by atoms with Crippen LogP contribution < -0.4 is 20.3 Å². The van der Waals surface area contributed by atoms with Crippen LogP contribution in [0.25, 0.3) is 10.2 Å². The molecule has 2 aliphatic heterocycles. The first-order valence-corrected chi connectivity index (χ1v) is 14.8. The molecule has 4 aromatic rings. The van der Waals surface area contributed by atoms with E-state index in [1.54, 1.807) is 61.5 Å². The van der Waals surface area contributed by atoms with E-state index in [0.717, 1.165) is 12.8 Å². The van der Waals surface area contributed by atoms with Crippen LogP contribution in [-0.2, 0) is 9.53 Å². The fourth-order valence-corrected chi connectivity index (χ4v) is 6.51. The van der Waals surface area contributed by atoms with E-state index in [1.165, 1.54) is 22.3 Å². The lowest BCUT2D eigenvalue weighted by atomic mass is 10.0. The van der Waals surface area contributed by atoms with Crippen LogP contribution in [0.3, 0.4) is 0 Å². The number of hydrogen-bond donors (Lipinski definition) is 2. The fourth-order valence-electron chi connectivity index (χ4n) is 5.49. The molecule has 4 heterocycles. The van der Waals surface area contributed by atoms with Gasteiger partial charge < -0.3 is 25.0 Å². The normalized spacial score (nSPS) is 16.3. The molecule has 4 amide bonds. The lowest BCUT2D eigenvalue weighted by molar-refractivity contribution is -0.133. The summed E-state index contributed by atoms with van der Waals surface area (Å²) >= 11 is 1.17. The van der Waals surface area contributed by atoms with Gasteiger partial charge in [0, 0.05) is 38.0 Å². The first-order valence-electron chi connectivity index (χ1n) is 14.0. The molecule has 2 aromatic heterocycles. The van der Waals surface area contributed by atoms with Crippen molar-refractivity contribution in [2.24, 2.45) is 0 Å². The van der Waals surface area contributed by atoms with Gasteiger partial charge in [-0.25, -0.2) is 14.2 Å². The number of carbonyl (C=O) groups is 3. The lowest BCUT2D eigenvalue weighted by Crippen LogP contribution is -2.49. The molecule has 0 aliphatic carbocycles. The summed E-state index contributed by atoms with van der Waals surface area (Å²) in [6.07, 6.45) is 3.36. The Balaban J connectivity index is 1.27. The van der Waals surface area contributed by atoms with E-state index < -0.39 is 11.8 Å². The van der Waals surface area contributed by atoms with E-state index in [9.17, 15) is 14.4 Å². The molecule has 0 unspecified atom stereocenters. The number of anilines is 3. The number of ether oxygens (including phenoxy) is 2. The number of nitrogens with zero attached hydrogens (tertiary/aromatic N) is 3. The number of aromatic nitrogens is 1. The summed E-state index contributed by atoms with van der Waals surface area (Å²) in [4.78, 5) is 48.0. The molecule has 12 heteroatoms. The second-order valence-corrected chi connectivity index (χ2v) is 11.4. The molecule has 2 aliphatic rings. The molecular weight excluding hydrogens is 573 g/mol. The molecule has 1 fully saturated rings. The molecule has 0 spiro atoms. The van der Waals surface area contributed by atoms with Crippen LogP contribution in [0.4, 0.5) is 26.2 Å². The van der Waals surface area contributed by atoms with Crippen LogP contribution in [0.2, 0.25) is 0 Å². The van der Waals surface area contributed by atoms with Gasteiger partial charge in [0.05, 0.1) is 35.5 Å². The Kier molecular flexibility index (Phi) is 7.96. The van der Waals surface area contributed by atoms with Crippen molar-refractivity contribution in [2.75, 3.05) is 37.0 Å². The van der Waals surface area contributed by atoms with E-state index in [0.29, 0.717) is 64.0 Å². The average Bonchev–Trinajstić information content (AvgIpc) is 3.39. The maximum atomic E-state index is 15.5. The summed E-state index contributed by atoms with van der Waals surface area (Å²) in [5, 5.41) is 6.50. The number of urea groups is 1. The molecule has 1 atom stereocenters. The number of nitrogens with one attached hydrogen (secondary N) is 2. The average molecular weight is 604 g/mol. The molecule has 0 bridgehead atoms. The van der Waals surface area contributed by atoms with Crippen molar-refractivity contribution in [2.45, 2.75) is 32.2 Å². The number of amides is 4. The second kappa shape index (κ2) is 12.0. The minimum atomic E-state index is -0.585. The maximum absolute atomic E-state index is 15.5. The predicted octanol–water partition coefficient (Wildman–Crippen LogP) is 5.98. The van der Waals surface area contributed by atoms with E-state index >= 15 is 4.39 Å². The third-order valence-corrected chi connectivity index (χ3v) is 8.71. The largest absolute Gasteiger partial charge is 0.454 e. The number of hydrogen-bond acceptors (Lipinski definition) is 7. The lowest BCUT2D eigenvalue weighted by Gasteiger charge is -2.33. The Labute approximate surface area is 251 Å². The van der Waals surface area contributed by atoms with Crippen molar-refractivity contribution in [1.82, 2.24) is 15.2 Å². The van der Waals surface area contributed by atoms with Crippen LogP contribution in [-0.4, -0.2) is 60.6 Å². The highest BCUT2D eigenvalue weighted by Crippen LogP contribution is 2.47. The monoisotopic (exact) mass is 603 g/mol. The summed E-state index contributed by atoms with van der Waals surface area (Å²) in [6, 6.07) is 12.9. The van der Waals surface area contributed by atoms with Gasteiger partial charge >= 0.3 is 6.03 Å². The molecular formula is C31H30FN5O5S. The Bertz CT molecular complexity index is 1710. The van der Waals surface area contributed by atoms with Crippen molar-refractivity contribution in [3.05, 3.63) is 71.0 Å². The minimum Gasteiger partial charge on any atom is -0.454 e. The Morgan fingerprint density at radius 1 is 1.16 bits per heavy atom. The molecule has 0 radical (unpaired) electrons. The topological polar surface area (TPSA) is 113 Å². The van der Waals surface area contributed by atoms with Gasteiger partial charge in [-0.05, 0) is 50.1 Å². The molecule has 2 aromatic carbocycles. The number of piperidine rings is 1. The number of likely N-dealkylation sites (tertiary alicyclic amines) is 1. The van der Waals surface area contributed by atoms with Crippen LogP contribution in [0.15, 0.2) is 54.7 Å². The molecule has 2 N–H and O–H groups in total. The smallest absolute Gasteiger partial charge is 0.331 e. The van der Waals surface area contributed by atoms with Crippen molar-refractivity contribution < 1.29 is 28.2 Å². The summed E-state index contributed by atoms with van der Waals surface area (Å²) in [6.45, 7) is 2.99. The van der Waals surface area contributed by atoms with Gasteiger partial charge in [0.2, 0.25) is 5.91 Å². The van der Waals surface area contributed by atoms with Crippen molar-refractivity contribution in [1.29, 1.82) is 0 Å². The van der Waals surface area contributed by atoms with E-state index in [4.69, 9.17) is 9.47 Å². The van der Waals surface area contributed by atoms with Crippen molar-refractivity contribution in [3.63, 3.8) is 0 Å². The molecule has 0 saturated carbocycles. The quantitative estimate of drug-likeness (QED) is 0.256. The predicted molar refractivity (Wildman–Crippen MR) is 162 cm³/mol. The first kappa shape index (κ1) is 28.6. The van der Waals surface area contributed by atoms with Gasteiger partial charge in [0.25, 0.3) is 5.91 Å². The highest BCUT2D eigenvalue weighted by atomic mass is 32.1. The molecule has 10 nitrogen and oxygen atoms in total. The third kappa shape index (κ3) is 5.51. The number of thiophene rings is 1. The summed E-state index contributed by atoms with van der Waals surface area (Å²) in [5.74, 6) is -0.407. The Hall–Kier alpha value is -4.55. The number of carbonyl (C=O) groups excluding carboxylic acids is 3. The maximum Gasteiger partial charge on any atom is 0.331 e. The molecule has 6 rings (SSSR count). The van der Waals surface area contributed by atoms with Gasteiger partial charge in [-0.2, -0.15) is 0 Å². The number of para-hydroxylation sites is 1. The highest BCUT2D eigenvalue weighted by molar-refractivity contribution is 7.21. The Morgan fingerprint density at radius 3 is 2.77 bits per heavy atom. The fraction of sp³-hybridized carbons (Fsp3) is 0.290. The number of benzene rings is 2. The van der Waals surface area contributed by atoms with Gasteiger partial charge in [-0.1, -0.05) is 18.2 Å². The third-order valence-electron chi connectivity index (χ3n) is 7.62. The Morgan fingerprint density at radius 2 is 1.98 bits per heavy atom. The van der Waals surface area contributed by atoms with Gasteiger partial charge in [-0.3, -0.25) is 14.5 Å². The summed E-state index contributed by atoms with van der Waals surface area (Å²) in [5.41, 5.74) is 1.43. The van der Waals surface area contributed by atoms with Crippen LogP contribution in [0.1, 0.15) is 34.5 Å². The van der Waals surface area contributed by atoms with Gasteiger partial charge in [-0.15, -0.1) is 11.3 Å². The summed E-state index contributed by atoms with van der Waals surface area (Å²) < 4.78 is 26.3. The van der Waals surface area contributed by atoms with Crippen molar-refractivity contribution in [3.8, 4) is 11.5 Å². The van der Waals surface area contributed by atoms with Crippen LogP contribution in [0.5, 0.6) is 11.5 Å². The molecule has 222 valence electrons. The van der Waals surface area contributed by atoms with E-state index in [-0.39, 0.29) is 29.2 Å². The second-order valence-electron chi connectivity index (χ2n) is 10.4. The van der Waals surface area contributed by atoms with Gasteiger partial charge in [0.1, 0.15) is 15.5 Å². The van der Waals surface area contributed by atoms with Crippen LogP contribution >= 0.6 is 11.3 Å². The number of pyridine rings is 1. The van der Waals surface area contributed by atoms with Crippen LogP contribution in [0, 0.1) is 12.7 Å². The summed E-state index contributed by atoms with van der Waals surface area (Å²) in [7, 11) is 1.55. The van der Waals surface area contributed by atoms with Crippen molar-refractivity contribution >= 4 is 56.5 Å². The number of methoxy groups -OCH3 is 1. The molecule has 43 heavy (non-hydrogen) atoms. The zero-order valence-corrected chi connectivity index (χ0v) is 24.5. The van der Waals surface area contributed by atoms with Gasteiger partial charge in [0.15, 0.2) is 11.6 Å². The number of halogens is 1. The highest BCUT2D eigenvalue weighted by Gasteiger charge is 2.35. The zero-order chi connectivity index (χ0) is 30.1. The standard InChI is InChI=1S/C31H30FN5O5S/c1-18-21(10-11-23(26(18)32)42-20-8-4-3-5-9-20)37-22-12-14-33-30-25(22)27(35-31(37)40)28(43-30)29(39)34-19-7-6-15-36(17-19)24(38)13-16-41-2/h3-5,8-12,14,19H,6-7,13,15-17H2,1-2H3,(H,34,39)(H,35,40)/t19-/m1/s1. The SMILES string of the molecule is COCCC(=O)N1CCC[C@@H](NC(=O)c2sc3nccc4c3c2NC(=O)N4c2ccc(Oc3ccccc3)c(F)c2C)C1. The minimum absolute atomic E-state index is 0.00894. The van der Waals surface area contributed by atoms with E-state index in [2.05, 4.69) is 15.6 Å².